The average molecular weight is 374 g/mol. The zero-order valence-corrected chi connectivity index (χ0v) is 15.2. The van der Waals surface area contributed by atoms with Crippen LogP contribution < -0.4 is 10.1 Å². The molecule has 0 atom stereocenters. The monoisotopic (exact) mass is 374 g/mol. The Morgan fingerprint density at radius 1 is 1.39 bits per heavy atom. The summed E-state index contributed by atoms with van der Waals surface area (Å²) in [5.74, 6) is 0.595. The molecule has 0 radical (unpaired) electrons. The molecule has 0 aliphatic rings. The number of carbonyl (C=O) groups excluding carboxylic acids is 1. The third-order valence-corrected chi connectivity index (χ3v) is 4.14. The Morgan fingerprint density at radius 2 is 2.29 bits per heavy atom. The van der Waals surface area contributed by atoms with E-state index in [0.29, 0.717) is 28.5 Å². The number of hydrogen-bond donors (Lipinski definition) is 2. The van der Waals surface area contributed by atoms with Crippen molar-refractivity contribution in [1.82, 2.24) is 24.7 Å². The molecule has 0 saturated heterocycles. The highest BCUT2D eigenvalue weighted by Gasteiger charge is 2.12. The lowest BCUT2D eigenvalue weighted by atomic mass is 10.2. The van der Waals surface area contributed by atoms with E-state index in [9.17, 15) is 4.79 Å². The van der Waals surface area contributed by atoms with Crippen LogP contribution in [0.15, 0.2) is 61.7 Å². The molecule has 4 rings (SSSR count). The Hall–Kier alpha value is -3.94. The Balaban J connectivity index is 1.63. The van der Waals surface area contributed by atoms with Crippen LogP contribution >= 0.6 is 0 Å². The van der Waals surface area contributed by atoms with Gasteiger partial charge in [0, 0.05) is 41.8 Å². The number of rotatable bonds is 6. The van der Waals surface area contributed by atoms with Gasteiger partial charge in [-0.3, -0.25) is 9.48 Å². The summed E-state index contributed by atoms with van der Waals surface area (Å²) in [6.45, 7) is 6.26. The molecule has 8 heteroatoms. The molecule has 3 aromatic heterocycles. The van der Waals surface area contributed by atoms with Crippen LogP contribution in [0.2, 0.25) is 0 Å². The van der Waals surface area contributed by atoms with Crippen molar-refractivity contribution in [3.8, 4) is 22.8 Å². The van der Waals surface area contributed by atoms with E-state index in [1.807, 2.05) is 24.0 Å². The van der Waals surface area contributed by atoms with Gasteiger partial charge in [0.1, 0.15) is 11.3 Å². The lowest BCUT2D eigenvalue weighted by molar-refractivity contribution is -0.111. The Kier molecular flexibility index (Phi) is 4.59. The number of hydrogen-bond acceptors (Lipinski definition) is 5. The maximum Gasteiger partial charge on any atom is 0.247 e. The highest BCUT2D eigenvalue weighted by molar-refractivity contribution is 5.99. The van der Waals surface area contributed by atoms with E-state index in [1.54, 1.807) is 36.7 Å². The number of carbonyl (C=O) groups is 1. The van der Waals surface area contributed by atoms with Gasteiger partial charge in [-0.15, -0.1) is 0 Å². The number of amides is 1. The fourth-order valence-corrected chi connectivity index (χ4v) is 2.77. The molecule has 1 aromatic carbocycles. The smallest absolute Gasteiger partial charge is 0.247 e. The molecule has 4 aromatic rings. The standard InChI is InChI=1S/C20H18N6O2/c1-3-17(27)24-14-6-5-7-15(8-14)28-18-11-22-20-19(25-18)16(10-21-20)13-9-23-26(4-2)12-13/h3,5-12H,1,4H2,2H3,(H,21,22)(H,24,27). The van der Waals surface area contributed by atoms with Crippen molar-refractivity contribution in [1.29, 1.82) is 0 Å². The Labute approximate surface area is 160 Å². The van der Waals surface area contributed by atoms with Gasteiger partial charge in [-0.25, -0.2) is 9.97 Å². The van der Waals surface area contributed by atoms with Crippen molar-refractivity contribution in [3.05, 3.63) is 61.7 Å². The molecule has 0 unspecified atom stereocenters. The minimum Gasteiger partial charge on any atom is -0.437 e. The number of ether oxygens (including phenoxy) is 1. The highest BCUT2D eigenvalue weighted by atomic mass is 16.5. The van der Waals surface area contributed by atoms with Gasteiger partial charge in [-0.05, 0) is 25.1 Å². The summed E-state index contributed by atoms with van der Waals surface area (Å²) in [5.41, 5.74) is 3.82. The van der Waals surface area contributed by atoms with E-state index >= 15 is 0 Å². The molecule has 0 fully saturated rings. The number of anilines is 1. The number of H-pyrrole nitrogens is 1. The summed E-state index contributed by atoms with van der Waals surface area (Å²) in [5, 5.41) is 7.00. The molecule has 0 spiro atoms. The normalized spacial score (nSPS) is 10.8. The van der Waals surface area contributed by atoms with Gasteiger partial charge < -0.3 is 15.0 Å². The second-order valence-electron chi connectivity index (χ2n) is 6.02. The third kappa shape index (κ3) is 3.48. The molecule has 8 nitrogen and oxygen atoms in total. The fraction of sp³-hybridized carbons (Fsp3) is 0.100. The summed E-state index contributed by atoms with van der Waals surface area (Å²) >= 11 is 0. The van der Waals surface area contributed by atoms with Gasteiger partial charge in [-0.1, -0.05) is 12.6 Å². The van der Waals surface area contributed by atoms with Crippen molar-refractivity contribution in [2.45, 2.75) is 13.5 Å². The minimum absolute atomic E-state index is 0.289. The van der Waals surface area contributed by atoms with Crippen LogP contribution in [-0.4, -0.2) is 30.6 Å². The Morgan fingerprint density at radius 3 is 3.07 bits per heavy atom. The van der Waals surface area contributed by atoms with Crippen LogP contribution in [0.1, 0.15) is 6.92 Å². The maximum atomic E-state index is 11.5. The van der Waals surface area contributed by atoms with Gasteiger partial charge >= 0.3 is 0 Å². The van der Waals surface area contributed by atoms with Crippen molar-refractivity contribution in [2.24, 2.45) is 0 Å². The van der Waals surface area contributed by atoms with Crippen LogP contribution in [0.4, 0.5) is 5.69 Å². The molecule has 1 amide bonds. The quantitative estimate of drug-likeness (QED) is 0.501. The SMILES string of the molecule is C=CC(=O)Nc1cccc(Oc2cnc3[nH]cc(-c4cnn(CC)c4)c3n2)c1. The van der Waals surface area contributed by atoms with Crippen LogP contribution in [0.5, 0.6) is 11.6 Å². The average Bonchev–Trinajstić information content (AvgIpc) is 3.34. The Bertz CT molecular complexity index is 1160. The van der Waals surface area contributed by atoms with E-state index in [4.69, 9.17) is 4.74 Å². The van der Waals surface area contributed by atoms with E-state index in [2.05, 4.69) is 31.9 Å². The number of fused-ring (bicyclic) bond motifs is 1. The number of benzene rings is 1. The summed E-state index contributed by atoms with van der Waals surface area (Å²) in [6, 6.07) is 7.02. The molecular weight excluding hydrogens is 356 g/mol. The first-order valence-electron chi connectivity index (χ1n) is 8.74. The number of aryl methyl sites for hydroxylation is 1. The van der Waals surface area contributed by atoms with E-state index in [-0.39, 0.29) is 5.91 Å². The van der Waals surface area contributed by atoms with E-state index in [0.717, 1.165) is 17.7 Å². The predicted octanol–water partition coefficient (Wildman–Crippen LogP) is 3.76. The number of nitrogens with zero attached hydrogens (tertiary/aromatic N) is 4. The number of aromatic nitrogens is 5. The van der Waals surface area contributed by atoms with Crippen LogP contribution in [-0.2, 0) is 11.3 Å². The van der Waals surface area contributed by atoms with Gasteiger partial charge in [-0.2, -0.15) is 5.10 Å². The van der Waals surface area contributed by atoms with Crippen LogP contribution in [0.3, 0.4) is 0 Å². The molecule has 0 aliphatic carbocycles. The molecular formula is C20H18N6O2. The van der Waals surface area contributed by atoms with Crippen LogP contribution in [0, 0.1) is 0 Å². The predicted molar refractivity (Wildman–Crippen MR) is 106 cm³/mol. The summed E-state index contributed by atoms with van der Waals surface area (Å²) in [4.78, 5) is 23.6. The highest BCUT2D eigenvalue weighted by Crippen LogP contribution is 2.29. The van der Waals surface area contributed by atoms with Crippen molar-refractivity contribution in [3.63, 3.8) is 0 Å². The first kappa shape index (κ1) is 17.5. The second-order valence-corrected chi connectivity index (χ2v) is 6.02. The minimum atomic E-state index is -0.289. The lowest BCUT2D eigenvalue weighted by Crippen LogP contribution is -2.07. The summed E-state index contributed by atoms with van der Waals surface area (Å²) < 4.78 is 7.70. The molecule has 140 valence electrons. The number of nitrogens with one attached hydrogen (secondary N) is 2. The molecule has 3 heterocycles. The molecule has 0 bridgehead atoms. The van der Waals surface area contributed by atoms with E-state index in [1.165, 1.54) is 6.08 Å². The first-order chi connectivity index (χ1) is 13.7. The van der Waals surface area contributed by atoms with Crippen molar-refractivity contribution in [2.75, 3.05) is 5.32 Å². The molecule has 28 heavy (non-hydrogen) atoms. The van der Waals surface area contributed by atoms with Gasteiger partial charge in [0.15, 0.2) is 5.65 Å². The largest absolute Gasteiger partial charge is 0.437 e. The second kappa shape index (κ2) is 7.36. The fourth-order valence-electron chi connectivity index (χ4n) is 2.77. The maximum absolute atomic E-state index is 11.5. The zero-order chi connectivity index (χ0) is 19.5. The van der Waals surface area contributed by atoms with Crippen molar-refractivity contribution >= 4 is 22.8 Å². The molecule has 0 aliphatic heterocycles. The molecule has 0 saturated carbocycles. The van der Waals surface area contributed by atoms with Gasteiger partial charge in [0.05, 0.1) is 12.4 Å². The third-order valence-electron chi connectivity index (χ3n) is 4.14. The van der Waals surface area contributed by atoms with E-state index < -0.39 is 0 Å². The van der Waals surface area contributed by atoms with Crippen LogP contribution in [0.25, 0.3) is 22.3 Å². The number of aromatic amines is 1. The topological polar surface area (TPSA) is 97.7 Å². The van der Waals surface area contributed by atoms with Crippen molar-refractivity contribution < 1.29 is 9.53 Å². The van der Waals surface area contributed by atoms with Gasteiger partial charge in [0.25, 0.3) is 0 Å². The summed E-state index contributed by atoms with van der Waals surface area (Å²) in [6.07, 6.45) is 8.38. The lowest BCUT2D eigenvalue weighted by Gasteiger charge is -2.07. The zero-order valence-electron chi connectivity index (χ0n) is 15.2. The molecule has 2 N–H and O–H groups in total. The van der Waals surface area contributed by atoms with Gasteiger partial charge in [0.2, 0.25) is 11.8 Å². The summed E-state index contributed by atoms with van der Waals surface area (Å²) in [7, 11) is 0. The first-order valence-corrected chi connectivity index (χ1v) is 8.74.